The number of rotatable bonds is 1. The van der Waals surface area contributed by atoms with Gasteiger partial charge in [-0.25, -0.2) is 0 Å². The molecule has 2 rings (SSSR count). The first kappa shape index (κ1) is 8.73. The minimum Gasteiger partial charge on any atom is -0.508 e. The molecule has 0 bridgehead atoms. The monoisotopic (exact) mass is 203 g/mol. The average Bonchev–Trinajstić information content (AvgIpc) is 2.59. The van der Waals surface area contributed by atoms with E-state index in [1.54, 1.807) is 5.38 Å². The van der Waals surface area contributed by atoms with Gasteiger partial charge in [-0.05, 0) is 12.1 Å². The van der Waals surface area contributed by atoms with Crippen molar-refractivity contribution >= 4 is 27.7 Å². The zero-order chi connectivity index (χ0) is 10.1. The third-order valence-corrected chi connectivity index (χ3v) is 2.98. The quantitative estimate of drug-likeness (QED) is 0.723. The summed E-state index contributed by atoms with van der Waals surface area (Å²) in [5.41, 5.74) is 0.913. The second-order valence-electron chi connectivity index (χ2n) is 2.79. The fourth-order valence-electron chi connectivity index (χ4n) is 1.32. The number of aldehydes is 1. The number of aromatic hydroxyl groups is 1. The van der Waals surface area contributed by atoms with Crippen LogP contribution < -0.4 is 0 Å². The van der Waals surface area contributed by atoms with Crippen molar-refractivity contribution in [3.63, 3.8) is 0 Å². The highest BCUT2D eigenvalue weighted by molar-refractivity contribution is 7.17. The molecule has 0 saturated carbocycles. The summed E-state index contributed by atoms with van der Waals surface area (Å²) < 4.78 is 0.745. The summed E-state index contributed by atoms with van der Waals surface area (Å²) in [5, 5.41) is 20.4. The topological polar surface area (TPSA) is 61.1 Å². The van der Waals surface area contributed by atoms with Crippen molar-refractivity contribution in [2.45, 2.75) is 0 Å². The van der Waals surface area contributed by atoms with E-state index >= 15 is 0 Å². The Hall–Kier alpha value is -1.86. The van der Waals surface area contributed by atoms with Crippen molar-refractivity contribution in [1.82, 2.24) is 0 Å². The molecule has 0 aliphatic heterocycles. The Morgan fingerprint density at radius 1 is 1.50 bits per heavy atom. The molecule has 2 aromatic rings. The number of benzene rings is 1. The maximum atomic E-state index is 10.7. The van der Waals surface area contributed by atoms with Crippen LogP contribution in [0.1, 0.15) is 15.9 Å². The van der Waals surface area contributed by atoms with E-state index < -0.39 is 0 Å². The van der Waals surface area contributed by atoms with E-state index in [0.717, 1.165) is 4.70 Å². The summed E-state index contributed by atoms with van der Waals surface area (Å²) in [6.45, 7) is 0. The molecule has 1 aromatic carbocycles. The molecule has 1 aromatic heterocycles. The van der Waals surface area contributed by atoms with Crippen molar-refractivity contribution in [3.8, 4) is 11.8 Å². The van der Waals surface area contributed by atoms with Gasteiger partial charge in [-0.15, -0.1) is 11.3 Å². The summed E-state index contributed by atoms with van der Waals surface area (Å²) in [4.78, 5) is 10.7. The number of carbonyl (C=O) groups is 1. The molecule has 0 aliphatic rings. The molecule has 0 fully saturated rings. The van der Waals surface area contributed by atoms with E-state index in [1.807, 2.05) is 6.07 Å². The number of fused-ring (bicyclic) bond motifs is 1. The van der Waals surface area contributed by atoms with Crippen molar-refractivity contribution < 1.29 is 9.90 Å². The van der Waals surface area contributed by atoms with Crippen molar-refractivity contribution in [2.24, 2.45) is 0 Å². The number of nitriles is 1. The number of thiophene rings is 1. The van der Waals surface area contributed by atoms with Gasteiger partial charge in [0.25, 0.3) is 0 Å². The zero-order valence-corrected chi connectivity index (χ0v) is 7.84. The zero-order valence-electron chi connectivity index (χ0n) is 7.02. The van der Waals surface area contributed by atoms with Gasteiger partial charge in [0.2, 0.25) is 0 Å². The van der Waals surface area contributed by atoms with E-state index in [1.165, 1.54) is 23.5 Å². The van der Waals surface area contributed by atoms with Crippen LogP contribution in [0.15, 0.2) is 17.5 Å². The van der Waals surface area contributed by atoms with Gasteiger partial charge in [0, 0.05) is 21.0 Å². The number of carbonyl (C=O) groups excluding carboxylic acids is 1. The Kier molecular flexibility index (Phi) is 1.95. The molecule has 68 valence electrons. The van der Waals surface area contributed by atoms with Crippen LogP contribution in [0.2, 0.25) is 0 Å². The Labute approximate surface area is 83.8 Å². The van der Waals surface area contributed by atoms with E-state index in [0.29, 0.717) is 22.8 Å². The number of phenolic OH excluding ortho intramolecular Hbond substituents is 1. The summed E-state index contributed by atoms with van der Waals surface area (Å²) in [5.74, 6) is 0.00880. The van der Waals surface area contributed by atoms with Crippen LogP contribution in [0, 0.1) is 11.3 Å². The molecule has 1 heterocycles. The van der Waals surface area contributed by atoms with Gasteiger partial charge in [-0.1, -0.05) is 0 Å². The molecule has 4 heteroatoms. The Bertz CT molecular complexity index is 551. The lowest BCUT2D eigenvalue weighted by atomic mass is 10.1. The molecular formula is C10H5NO2S. The summed E-state index contributed by atoms with van der Waals surface area (Å²) in [6, 6.07) is 4.91. The lowest BCUT2D eigenvalue weighted by molar-refractivity contribution is 0.112. The summed E-state index contributed by atoms with van der Waals surface area (Å²) >= 11 is 1.33. The first-order chi connectivity index (χ1) is 6.76. The average molecular weight is 203 g/mol. The molecule has 0 radical (unpaired) electrons. The van der Waals surface area contributed by atoms with Crippen LogP contribution in [0.25, 0.3) is 10.1 Å². The highest BCUT2D eigenvalue weighted by atomic mass is 32.1. The number of hydrogen-bond acceptors (Lipinski definition) is 4. The fraction of sp³-hybridized carbons (Fsp3) is 0. The van der Waals surface area contributed by atoms with Gasteiger partial charge in [0.15, 0.2) is 6.29 Å². The van der Waals surface area contributed by atoms with Crippen molar-refractivity contribution in [3.05, 3.63) is 28.6 Å². The first-order valence-corrected chi connectivity index (χ1v) is 4.73. The highest BCUT2D eigenvalue weighted by Gasteiger charge is 2.08. The maximum absolute atomic E-state index is 10.7. The normalized spacial score (nSPS) is 9.93. The smallest absolute Gasteiger partial charge is 0.151 e. The molecule has 0 atom stereocenters. The molecule has 3 nitrogen and oxygen atoms in total. The largest absolute Gasteiger partial charge is 0.508 e. The predicted molar refractivity (Wildman–Crippen MR) is 53.6 cm³/mol. The number of nitrogens with zero attached hydrogens (tertiary/aromatic N) is 1. The third-order valence-electron chi connectivity index (χ3n) is 1.93. The van der Waals surface area contributed by atoms with Gasteiger partial charge in [-0.2, -0.15) is 5.26 Å². The third kappa shape index (κ3) is 1.15. The lowest BCUT2D eigenvalue weighted by Gasteiger charge is -1.96. The Morgan fingerprint density at radius 3 is 2.93 bits per heavy atom. The predicted octanol–water partition coefficient (Wildman–Crippen LogP) is 2.29. The van der Waals surface area contributed by atoms with Crippen molar-refractivity contribution in [2.75, 3.05) is 0 Å². The van der Waals surface area contributed by atoms with Gasteiger partial charge >= 0.3 is 0 Å². The van der Waals surface area contributed by atoms with E-state index in [2.05, 4.69) is 0 Å². The molecule has 0 saturated heterocycles. The van der Waals surface area contributed by atoms with Crippen LogP contribution in [0.5, 0.6) is 5.75 Å². The van der Waals surface area contributed by atoms with Gasteiger partial charge in [-0.3, -0.25) is 4.79 Å². The molecule has 0 aliphatic carbocycles. The van der Waals surface area contributed by atoms with Crippen LogP contribution in [0.3, 0.4) is 0 Å². The standard InChI is InChI=1S/C10H5NO2S/c11-3-7-5-14-10-6(4-12)1-8(13)2-9(7)10/h1-2,4-5,13H. The van der Waals surface area contributed by atoms with Gasteiger partial charge in [0.05, 0.1) is 5.56 Å². The second kappa shape index (κ2) is 3.13. The highest BCUT2D eigenvalue weighted by Crippen LogP contribution is 2.31. The second-order valence-corrected chi connectivity index (χ2v) is 3.67. The Balaban J connectivity index is 2.91. The van der Waals surface area contributed by atoms with Crippen LogP contribution in [-0.2, 0) is 0 Å². The van der Waals surface area contributed by atoms with Crippen LogP contribution in [-0.4, -0.2) is 11.4 Å². The fourth-order valence-corrected chi connectivity index (χ4v) is 2.28. The summed E-state index contributed by atoms with van der Waals surface area (Å²) in [7, 11) is 0. The summed E-state index contributed by atoms with van der Waals surface area (Å²) in [6.07, 6.45) is 0.680. The van der Waals surface area contributed by atoms with Crippen LogP contribution >= 0.6 is 11.3 Å². The molecule has 1 N–H and O–H groups in total. The van der Waals surface area contributed by atoms with Gasteiger partial charge < -0.3 is 5.11 Å². The molecule has 0 unspecified atom stereocenters. The molecule has 0 spiro atoms. The SMILES string of the molecule is N#Cc1csc2c(C=O)cc(O)cc12. The molecular weight excluding hydrogens is 198 g/mol. The Morgan fingerprint density at radius 2 is 2.29 bits per heavy atom. The maximum Gasteiger partial charge on any atom is 0.151 e. The van der Waals surface area contributed by atoms with Crippen molar-refractivity contribution in [1.29, 1.82) is 5.26 Å². The van der Waals surface area contributed by atoms with Gasteiger partial charge in [0.1, 0.15) is 11.8 Å². The number of phenols is 1. The molecule has 14 heavy (non-hydrogen) atoms. The van der Waals surface area contributed by atoms with E-state index in [4.69, 9.17) is 5.26 Å². The van der Waals surface area contributed by atoms with Crippen LogP contribution in [0.4, 0.5) is 0 Å². The van der Waals surface area contributed by atoms with E-state index in [-0.39, 0.29) is 5.75 Å². The van der Waals surface area contributed by atoms with E-state index in [9.17, 15) is 9.90 Å². The first-order valence-electron chi connectivity index (χ1n) is 3.85. The minimum absolute atomic E-state index is 0.00880. The lowest BCUT2D eigenvalue weighted by Crippen LogP contribution is -1.80. The molecule has 0 amide bonds. The minimum atomic E-state index is 0.00880. The number of hydrogen-bond donors (Lipinski definition) is 1.